The summed E-state index contributed by atoms with van der Waals surface area (Å²) in [6.07, 6.45) is 4.50. The summed E-state index contributed by atoms with van der Waals surface area (Å²) in [5.41, 5.74) is 29.1. The molecule has 0 spiro atoms. The lowest BCUT2D eigenvalue weighted by Gasteiger charge is -2.28. The molecule has 1 aliphatic rings. The van der Waals surface area contributed by atoms with E-state index in [9.17, 15) is 19.2 Å². The van der Waals surface area contributed by atoms with E-state index in [1.54, 1.807) is 0 Å². The molecule has 0 radical (unpaired) electrons. The van der Waals surface area contributed by atoms with Crippen LogP contribution in [0.3, 0.4) is 0 Å². The summed E-state index contributed by atoms with van der Waals surface area (Å²) in [4.78, 5) is 56.4. The van der Waals surface area contributed by atoms with Crippen LogP contribution in [0.1, 0.15) is 63.4 Å². The third-order valence-electron chi connectivity index (χ3n) is 7.67. The van der Waals surface area contributed by atoms with Crippen LogP contribution >= 0.6 is 0 Å². The van der Waals surface area contributed by atoms with E-state index < -0.39 is 41.8 Å². The van der Waals surface area contributed by atoms with E-state index in [-0.39, 0.29) is 37.0 Å². The first-order valence-electron chi connectivity index (χ1n) is 15.2. The number of nitrogens with zero attached hydrogens (tertiary/aromatic N) is 1. The molecule has 1 heterocycles. The van der Waals surface area contributed by atoms with Gasteiger partial charge in [0.1, 0.15) is 6.04 Å². The van der Waals surface area contributed by atoms with Crippen molar-refractivity contribution in [2.45, 2.75) is 82.3 Å². The fraction of sp³-hybridized carbons (Fsp3) is 0.633. The molecular weight excluding hydrogens is 552 g/mol. The zero-order valence-electron chi connectivity index (χ0n) is 25.0. The molecule has 1 saturated heterocycles. The Balaban J connectivity index is 2.18. The maximum absolute atomic E-state index is 13.7. The second kappa shape index (κ2) is 19.6. The number of nitrogens with two attached hydrogens (primary N) is 5. The second-order valence-corrected chi connectivity index (χ2v) is 11.2. The number of carbonyl (C=O) groups is 4. The lowest BCUT2D eigenvalue weighted by molar-refractivity contribution is -0.134. The van der Waals surface area contributed by atoms with Gasteiger partial charge in [-0.1, -0.05) is 30.3 Å². The number of amides is 3. The number of ketones is 1. The summed E-state index contributed by atoms with van der Waals surface area (Å²) >= 11 is 0. The predicted molar refractivity (Wildman–Crippen MR) is 165 cm³/mol. The van der Waals surface area contributed by atoms with Crippen molar-refractivity contribution in [3.63, 3.8) is 0 Å². The highest BCUT2D eigenvalue weighted by Crippen LogP contribution is 2.26. The number of rotatable bonds is 20. The number of aliphatic imine (C=N–C) groups is 1. The Bertz CT molecular complexity index is 1040. The monoisotopic (exact) mass is 602 g/mol. The number of hydrogen-bond acceptors (Lipinski definition) is 8. The van der Waals surface area contributed by atoms with Crippen LogP contribution < -0.4 is 39.3 Å². The van der Waals surface area contributed by atoms with Gasteiger partial charge in [0.25, 0.3) is 0 Å². The summed E-state index contributed by atoms with van der Waals surface area (Å²) in [6, 6.07) is 6.71. The zero-order chi connectivity index (χ0) is 31.6. The SMILES string of the molecule is NCCCC[C@H](NC(=O)[C@@H](CC(=O)[C@@H](CCCN=C(N)N)NC(=O)[C@@H](N)Cc1ccccc1)CC1CCOCC1)C(N)=O. The molecule has 0 unspecified atom stereocenters. The van der Waals surface area contributed by atoms with Crippen molar-refractivity contribution in [1.29, 1.82) is 0 Å². The molecule has 2 rings (SSSR count). The fourth-order valence-electron chi connectivity index (χ4n) is 5.18. The van der Waals surface area contributed by atoms with Gasteiger partial charge < -0.3 is 44.0 Å². The molecule has 0 aliphatic carbocycles. The first-order valence-corrected chi connectivity index (χ1v) is 15.2. The Hall–Kier alpha value is -3.55. The van der Waals surface area contributed by atoms with Crippen molar-refractivity contribution in [3.8, 4) is 0 Å². The van der Waals surface area contributed by atoms with Gasteiger partial charge in [0, 0.05) is 32.1 Å². The molecule has 0 aromatic heterocycles. The predicted octanol–water partition coefficient (Wildman–Crippen LogP) is -0.414. The van der Waals surface area contributed by atoms with Crippen molar-refractivity contribution in [1.82, 2.24) is 10.6 Å². The van der Waals surface area contributed by atoms with E-state index in [1.165, 1.54) is 0 Å². The number of ether oxygens (including phenoxy) is 1. The smallest absolute Gasteiger partial charge is 0.239 e. The number of carbonyl (C=O) groups excluding carboxylic acids is 4. The van der Waals surface area contributed by atoms with E-state index in [4.69, 9.17) is 33.4 Å². The summed E-state index contributed by atoms with van der Waals surface area (Å²) < 4.78 is 5.47. The maximum Gasteiger partial charge on any atom is 0.239 e. The maximum atomic E-state index is 13.7. The molecule has 1 aliphatic heterocycles. The van der Waals surface area contributed by atoms with E-state index in [0.717, 1.165) is 18.4 Å². The molecule has 1 aromatic carbocycles. The van der Waals surface area contributed by atoms with Crippen LogP contribution in [0.15, 0.2) is 35.3 Å². The lowest BCUT2D eigenvalue weighted by atomic mass is 9.84. The molecule has 13 nitrogen and oxygen atoms in total. The van der Waals surface area contributed by atoms with Crippen molar-refractivity contribution in [2.24, 2.45) is 45.5 Å². The molecule has 240 valence electrons. The molecular formula is C30H50N8O5. The Morgan fingerprint density at radius 1 is 0.907 bits per heavy atom. The van der Waals surface area contributed by atoms with E-state index in [1.807, 2.05) is 30.3 Å². The molecule has 1 fully saturated rings. The average Bonchev–Trinajstić information content (AvgIpc) is 2.98. The number of benzene rings is 1. The summed E-state index contributed by atoms with van der Waals surface area (Å²) in [6.45, 7) is 1.90. The van der Waals surface area contributed by atoms with Gasteiger partial charge in [-0.05, 0) is 75.8 Å². The molecule has 12 N–H and O–H groups in total. The Kier molecular flexibility index (Phi) is 16.2. The highest BCUT2D eigenvalue weighted by atomic mass is 16.5. The molecule has 3 amide bonds. The van der Waals surface area contributed by atoms with Crippen molar-refractivity contribution >= 4 is 29.5 Å². The zero-order valence-corrected chi connectivity index (χ0v) is 25.0. The first kappa shape index (κ1) is 35.6. The minimum absolute atomic E-state index is 0.0690. The number of unbranched alkanes of at least 4 members (excludes halogenated alkanes) is 1. The van der Waals surface area contributed by atoms with Crippen molar-refractivity contribution in [3.05, 3.63) is 35.9 Å². The first-order chi connectivity index (χ1) is 20.6. The summed E-state index contributed by atoms with van der Waals surface area (Å²) in [5, 5.41) is 5.57. The van der Waals surface area contributed by atoms with Crippen molar-refractivity contribution in [2.75, 3.05) is 26.3 Å². The largest absolute Gasteiger partial charge is 0.381 e. The minimum Gasteiger partial charge on any atom is -0.381 e. The number of primary amides is 1. The van der Waals surface area contributed by atoms with Crippen LogP contribution in [0, 0.1) is 11.8 Å². The van der Waals surface area contributed by atoms with E-state index in [0.29, 0.717) is 58.3 Å². The Morgan fingerprint density at radius 2 is 1.56 bits per heavy atom. The summed E-state index contributed by atoms with van der Waals surface area (Å²) in [7, 11) is 0. The van der Waals surface area contributed by atoms with Gasteiger partial charge in [0.2, 0.25) is 17.7 Å². The number of nitrogens with one attached hydrogen (secondary N) is 2. The normalized spacial score (nSPS) is 16.3. The Labute approximate surface area is 254 Å². The van der Waals surface area contributed by atoms with Crippen LogP contribution in [-0.4, -0.2) is 73.9 Å². The van der Waals surface area contributed by atoms with Gasteiger partial charge in [0.15, 0.2) is 11.7 Å². The summed E-state index contributed by atoms with van der Waals surface area (Å²) in [5.74, 6) is -2.45. The van der Waals surface area contributed by atoms with Crippen LogP contribution in [0.2, 0.25) is 0 Å². The highest BCUT2D eigenvalue weighted by Gasteiger charge is 2.32. The quantitative estimate of drug-likeness (QED) is 0.0581. The van der Waals surface area contributed by atoms with Crippen molar-refractivity contribution < 1.29 is 23.9 Å². The fourth-order valence-corrected chi connectivity index (χ4v) is 5.18. The topological polar surface area (TPSA) is 244 Å². The highest BCUT2D eigenvalue weighted by molar-refractivity contribution is 5.94. The molecule has 43 heavy (non-hydrogen) atoms. The lowest BCUT2D eigenvalue weighted by Crippen LogP contribution is -2.51. The van der Waals surface area contributed by atoms with Crippen LogP contribution in [0.4, 0.5) is 0 Å². The molecule has 4 atom stereocenters. The molecule has 1 aromatic rings. The third-order valence-corrected chi connectivity index (χ3v) is 7.67. The van der Waals surface area contributed by atoms with Gasteiger partial charge in [-0.25, -0.2) is 0 Å². The van der Waals surface area contributed by atoms with Gasteiger partial charge in [0.05, 0.1) is 12.1 Å². The molecule has 13 heteroatoms. The van der Waals surface area contributed by atoms with E-state index in [2.05, 4.69) is 15.6 Å². The van der Waals surface area contributed by atoms with Crippen LogP contribution in [0.5, 0.6) is 0 Å². The Morgan fingerprint density at radius 3 is 2.19 bits per heavy atom. The number of guanidine groups is 1. The number of Topliss-reactive ketones (excluding diaryl/α,β-unsaturated/α-hetero) is 1. The second-order valence-electron chi connectivity index (χ2n) is 11.2. The van der Waals surface area contributed by atoms with Gasteiger partial charge in [-0.2, -0.15) is 0 Å². The number of hydrogen-bond donors (Lipinski definition) is 7. The average molecular weight is 603 g/mol. The van der Waals surface area contributed by atoms with E-state index >= 15 is 0 Å². The van der Waals surface area contributed by atoms with Crippen LogP contribution in [-0.2, 0) is 30.3 Å². The third kappa shape index (κ3) is 14.0. The standard InChI is InChI=1S/C30H50N8O5/c31-13-5-4-9-25(27(33)40)38-28(41)22(17-21-11-15-43-16-12-21)19-26(39)24(10-6-14-36-30(34)35)37-29(42)23(32)18-20-7-2-1-3-8-20/h1-3,7-8,21-25H,4-6,9-19,31-32H2,(H2,33,40)(H,37,42)(H,38,41)(H4,34,35,36)/t22-,23+,24-,25+/m1/s1. The molecule has 0 saturated carbocycles. The van der Waals surface area contributed by atoms with Gasteiger partial charge in [-0.3, -0.25) is 24.2 Å². The van der Waals surface area contributed by atoms with Gasteiger partial charge >= 0.3 is 0 Å². The molecule has 0 bridgehead atoms. The minimum atomic E-state index is -0.898. The van der Waals surface area contributed by atoms with Gasteiger partial charge in [-0.15, -0.1) is 0 Å². The van der Waals surface area contributed by atoms with Crippen LogP contribution in [0.25, 0.3) is 0 Å².